The first-order chi connectivity index (χ1) is 12.6. The summed E-state index contributed by atoms with van der Waals surface area (Å²) >= 11 is 0. The summed E-state index contributed by atoms with van der Waals surface area (Å²) < 4.78 is 143. The first kappa shape index (κ1) is 25.7. The molecule has 4 unspecified atom stereocenters. The highest BCUT2D eigenvalue weighted by molar-refractivity contribution is 5.71. The summed E-state index contributed by atoms with van der Waals surface area (Å²) in [5.74, 6) is -21.9. The van der Waals surface area contributed by atoms with Crippen molar-refractivity contribution >= 4 is 5.97 Å². The molecule has 0 aromatic rings. The monoisotopic (exact) mass is 454 g/mol. The second-order valence-corrected chi connectivity index (χ2v) is 6.75. The molecule has 1 aliphatic rings. The van der Waals surface area contributed by atoms with Crippen LogP contribution in [0.25, 0.3) is 0 Å². The molecular formula is C14H16F10O5. The lowest BCUT2D eigenvalue weighted by molar-refractivity contribution is -0.559. The highest BCUT2D eigenvalue weighted by Crippen LogP contribution is 2.65. The van der Waals surface area contributed by atoms with Gasteiger partial charge in [0.1, 0.15) is 6.61 Å². The van der Waals surface area contributed by atoms with Crippen molar-refractivity contribution < 1.29 is 68.4 Å². The average Bonchev–Trinajstić information content (AvgIpc) is 2.54. The lowest BCUT2D eigenvalue weighted by atomic mass is 9.72. The van der Waals surface area contributed by atoms with Crippen molar-refractivity contribution in [3.8, 4) is 0 Å². The SMILES string of the molecule is CCC(C)C(=O)OCC1(C)OC(O)(C(F)(F)F)C(F)(F)C(O)(C(F)(F)F)C1(F)F. The van der Waals surface area contributed by atoms with Gasteiger partial charge in [-0.2, -0.15) is 43.9 Å². The minimum Gasteiger partial charge on any atom is -0.462 e. The summed E-state index contributed by atoms with van der Waals surface area (Å²) in [6.45, 7) is 0.178. The second-order valence-electron chi connectivity index (χ2n) is 6.75. The van der Waals surface area contributed by atoms with Crippen LogP contribution in [0.1, 0.15) is 27.2 Å². The summed E-state index contributed by atoms with van der Waals surface area (Å²) in [6.07, 6.45) is -13.9. The fourth-order valence-corrected chi connectivity index (χ4v) is 2.51. The molecule has 2 N–H and O–H groups in total. The number of alkyl halides is 10. The van der Waals surface area contributed by atoms with Crippen LogP contribution in [0.15, 0.2) is 0 Å². The maximum Gasteiger partial charge on any atom is 0.449 e. The van der Waals surface area contributed by atoms with Gasteiger partial charge in [0.2, 0.25) is 0 Å². The molecule has 0 aliphatic carbocycles. The Kier molecular flexibility index (Phi) is 6.05. The molecule has 172 valence electrons. The number of esters is 1. The van der Waals surface area contributed by atoms with E-state index in [1.54, 1.807) is 0 Å². The maximum atomic E-state index is 14.5. The Bertz CT molecular complexity index is 648. The summed E-state index contributed by atoms with van der Waals surface area (Å²) in [4.78, 5) is 11.6. The molecular weight excluding hydrogens is 438 g/mol. The molecule has 0 aromatic carbocycles. The Balaban J connectivity index is 3.70. The van der Waals surface area contributed by atoms with E-state index >= 15 is 0 Å². The molecule has 15 heteroatoms. The minimum absolute atomic E-state index is 0.0177. The first-order valence-corrected chi connectivity index (χ1v) is 7.78. The van der Waals surface area contributed by atoms with E-state index < -0.39 is 59.7 Å². The molecule has 4 atom stereocenters. The highest BCUT2D eigenvalue weighted by Gasteiger charge is 2.97. The Morgan fingerprint density at radius 3 is 1.79 bits per heavy atom. The molecule has 0 saturated carbocycles. The smallest absolute Gasteiger partial charge is 0.449 e. The van der Waals surface area contributed by atoms with Crippen molar-refractivity contribution in [1.29, 1.82) is 0 Å². The number of carbonyl (C=O) groups is 1. The number of halogens is 10. The molecule has 1 heterocycles. The van der Waals surface area contributed by atoms with Crippen LogP contribution in [0.3, 0.4) is 0 Å². The molecule has 1 aliphatic heterocycles. The van der Waals surface area contributed by atoms with Gasteiger partial charge in [-0.3, -0.25) is 4.79 Å². The Labute approximate surface area is 156 Å². The maximum absolute atomic E-state index is 14.5. The number of hydrogen-bond donors (Lipinski definition) is 2. The zero-order chi connectivity index (χ0) is 23.5. The summed E-state index contributed by atoms with van der Waals surface area (Å²) in [5, 5.41) is 18.6. The Morgan fingerprint density at radius 1 is 1.00 bits per heavy atom. The fourth-order valence-electron chi connectivity index (χ4n) is 2.51. The van der Waals surface area contributed by atoms with Gasteiger partial charge in [0.15, 0.2) is 5.60 Å². The Morgan fingerprint density at radius 2 is 1.45 bits per heavy atom. The van der Waals surface area contributed by atoms with Gasteiger partial charge in [-0.05, 0) is 13.3 Å². The van der Waals surface area contributed by atoms with Crippen LogP contribution < -0.4 is 0 Å². The largest absolute Gasteiger partial charge is 0.462 e. The van der Waals surface area contributed by atoms with Crippen LogP contribution in [0.5, 0.6) is 0 Å². The standard InChI is InChI=1S/C14H16F10O5/c1-4-6(2)7(25)28-5-8(3)10(15,16)9(26,13(19,20)21)11(17,18)12(27,29-8)14(22,23)24/h6,26-27H,4-5H2,1-3H3. The minimum atomic E-state index is -7.09. The van der Waals surface area contributed by atoms with Crippen molar-refractivity contribution in [3.63, 3.8) is 0 Å². The number of ether oxygens (including phenoxy) is 2. The highest BCUT2D eigenvalue weighted by atomic mass is 19.4. The van der Waals surface area contributed by atoms with Gasteiger partial charge in [-0.1, -0.05) is 13.8 Å². The van der Waals surface area contributed by atoms with Gasteiger partial charge in [0.05, 0.1) is 5.92 Å². The van der Waals surface area contributed by atoms with Gasteiger partial charge in [-0.25, -0.2) is 0 Å². The van der Waals surface area contributed by atoms with Crippen LogP contribution in [0, 0.1) is 5.92 Å². The number of hydrogen-bond acceptors (Lipinski definition) is 5. The molecule has 29 heavy (non-hydrogen) atoms. The van der Waals surface area contributed by atoms with Gasteiger partial charge in [0, 0.05) is 0 Å². The lowest BCUT2D eigenvalue weighted by Gasteiger charge is -2.58. The molecule has 0 amide bonds. The molecule has 5 nitrogen and oxygen atoms in total. The van der Waals surface area contributed by atoms with Crippen molar-refractivity contribution in [2.75, 3.05) is 6.61 Å². The first-order valence-electron chi connectivity index (χ1n) is 7.78. The molecule has 1 fully saturated rings. The molecule has 0 aromatic heterocycles. The normalized spacial score (nSPS) is 35.8. The predicted octanol–water partition coefficient (Wildman–Crippen LogP) is 3.18. The summed E-state index contributed by atoms with van der Waals surface area (Å²) in [5.41, 5.74) is -11.1. The third-order valence-electron chi connectivity index (χ3n) is 4.67. The molecule has 1 rings (SSSR count). The van der Waals surface area contributed by atoms with E-state index in [1.807, 2.05) is 0 Å². The number of aliphatic hydroxyl groups is 2. The van der Waals surface area contributed by atoms with Crippen LogP contribution in [0.2, 0.25) is 0 Å². The van der Waals surface area contributed by atoms with Crippen LogP contribution in [-0.2, 0) is 14.3 Å². The van der Waals surface area contributed by atoms with E-state index in [9.17, 15) is 58.9 Å². The van der Waals surface area contributed by atoms with Gasteiger partial charge in [0.25, 0.3) is 5.60 Å². The van der Waals surface area contributed by atoms with E-state index in [4.69, 9.17) is 0 Å². The van der Waals surface area contributed by atoms with Gasteiger partial charge in [-0.15, -0.1) is 0 Å². The average molecular weight is 454 g/mol. The van der Waals surface area contributed by atoms with Crippen molar-refractivity contribution in [3.05, 3.63) is 0 Å². The van der Waals surface area contributed by atoms with Gasteiger partial charge >= 0.3 is 36.0 Å². The third kappa shape index (κ3) is 3.24. The summed E-state index contributed by atoms with van der Waals surface area (Å²) in [7, 11) is 0. The number of rotatable bonds is 4. The lowest BCUT2D eigenvalue weighted by Crippen LogP contribution is -2.88. The fraction of sp³-hybridized carbons (Fsp3) is 0.929. The van der Waals surface area contributed by atoms with Crippen LogP contribution in [0.4, 0.5) is 43.9 Å². The van der Waals surface area contributed by atoms with E-state index in [2.05, 4.69) is 9.47 Å². The molecule has 0 radical (unpaired) electrons. The zero-order valence-corrected chi connectivity index (χ0v) is 14.9. The molecule has 0 bridgehead atoms. The topological polar surface area (TPSA) is 76.0 Å². The van der Waals surface area contributed by atoms with E-state index in [0.717, 1.165) is 6.92 Å². The van der Waals surface area contributed by atoms with Crippen molar-refractivity contribution in [2.45, 2.75) is 68.4 Å². The zero-order valence-electron chi connectivity index (χ0n) is 14.9. The summed E-state index contributed by atoms with van der Waals surface area (Å²) in [6, 6.07) is 0. The molecule has 1 saturated heterocycles. The van der Waals surface area contributed by atoms with Crippen molar-refractivity contribution in [1.82, 2.24) is 0 Å². The predicted molar refractivity (Wildman–Crippen MR) is 71.8 cm³/mol. The third-order valence-corrected chi connectivity index (χ3v) is 4.67. The van der Waals surface area contributed by atoms with E-state index in [-0.39, 0.29) is 13.3 Å². The van der Waals surface area contributed by atoms with Crippen LogP contribution in [-0.4, -0.2) is 64.0 Å². The van der Waals surface area contributed by atoms with Crippen molar-refractivity contribution in [2.24, 2.45) is 5.92 Å². The van der Waals surface area contributed by atoms with Crippen LogP contribution >= 0.6 is 0 Å². The number of carbonyl (C=O) groups excluding carboxylic acids is 1. The van der Waals surface area contributed by atoms with E-state index in [1.165, 1.54) is 6.92 Å². The van der Waals surface area contributed by atoms with E-state index in [0.29, 0.717) is 0 Å². The quantitative estimate of drug-likeness (QED) is 0.504. The molecule has 0 spiro atoms. The second kappa shape index (κ2) is 6.83. The van der Waals surface area contributed by atoms with Gasteiger partial charge < -0.3 is 19.7 Å². The Hall–Kier alpha value is -1.35.